The van der Waals surface area contributed by atoms with Crippen LogP contribution in [0.2, 0.25) is 0 Å². The first-order chi connectivity index (χ1) is 8.00. The molecule has 0 bridgehead atoms. The van der Waals surface area contributed by atoms with Crippen molar-refractivity contribution in [2.45, 2.75) is 31.5 Å². The molecular formula is C10H11F3IN3. The lowest BCUT2D eigenvalue weighted by Crippen LogP contribution is -2.49. The number of halogens is 4. The first-order valence-electron chi connectivity index (χ1n) is 5.29. The Bertz CT molecular complexity index is 397. The fourth-order valence-electron chi connectivity index (χ4n) is 2.04. The van der Waals surface area contributed by atoms with E-state index in [-0.39, 0.29) is 6.42 Å². The second-order valence-corrected chi connectivity index (χ2v) is 5.10. The summed E-state index contributed by atoms with van der Waals surface area (Å²) in [5.41, 5.74) is 0. The van der Waals surface area contributed by atoms with Gasteiger partial charge >= 0.3 is 6.18 Å². The van der Waals surface area contributed by atoms with E-state index >= 15 is 0 Å². The van der Waals surface area contributed by atoms with Crippen molar-refractivity contribution in [3.05, 3.63) is 16.1 Å². The minimum atomic E-state index is -4.20. The molecule has 1 atom stereocenters. The first-order valence-corrected chi connectivity index (χ1v) is 6.37. The third-order valence-electron chi connectivity index (χ3n) is 2.80. The molecule has 0 radical (unpaired) electrons. The summed E-state index contributed by atoms with van der Waals surface area (Å²) in [5, 5.41) is 0. The number of anilines is 1. The number of nitrogens with zero attached hydrogens (tertiary/aromatic N) is 3. The highest BCUT2D eigenvalue weighted by molar-refractivity contribution is 14.1. The zero-order chi connectivity index (χ0) is 12.5. The zero-order valence-corrected chi connectivity index (χ0v) is 11.1. The number of piperidine rings is 1. The van der Waals surface area contributed by atoms with Gasteiger partial charge in [-0.05, 0) is 41.9 Å². The molecule has 1 fully saturated rings. The predicted molar refractivity (Wildman–Crippen MR) is 65.8 cm³/mol. The van der Waals surface area contributed by atoms with Crippen LogP contribution in [0.5, 0.6) is 0 Å². The highest BCUT2D eigenvalue weighted by Gasteiger charge is 2.45. The van der Waals surface area contributed by atoms with Gasteiger partial charge < -0.3 is 4.90 Å². The van der Waals surface area contributed by atoms with E-state index in [1.165, 1.54) is 17.4 Å². The molecule has 7 heteroatoms. The molecule has 1 saturated heterocycles. The maximum Gasteiger partial charge on any atom is 0.408 e. The Kier molecular flexibility index (Phi) is 3.74. The lowest BCUT2D eigenvalue weighted by molar-refractivity contribution is -0.152. The van der Waals surface area contributed by atoms with E-state index in [0.29, 0.717) is 22.4 Å². The van der Waals surface area contributed by atoms with Crippen molar-refractivity contribution in [1.29, 1.82) is 0 Å². The molecule has 0 saturated carbocycles. The van der Waals surface area contributed by atoms with Crippen molar-refractivity contribution in [3.8, 4) is 0 Å². The smallest absolute Gasteiger partial charge is 0.344 e. The van der Waals surface area contributed by atoms with Crippen LogP contribution in [-0.2, 0) is 0 Å². The highest BCUT2D eigenvalue weighted by Crippen LogP contribution is 2.35. The van der Waals surface area contributed by atoms with Gasteiger partial charge in [0.15, 0.2) is 0 Å². The Balaban J connectivity index is 2.32. The maximum atomic E-state index is 12.9. The van der Waals surface area contributed by atoms with Crippen LogP contribution in [0.15, 0.2) is 12.5 Å². The quantitative estimate of drug-likeness (QED) is 0.724. The van der Waals surface area contributed by atoms with Crippen molar-refractivity contribution >= 4 is 28.4 Å². The molecule has 0 amide bonds. The van der Waals surface area contributed by atoms with Gasteiger partial charge in [0, 0.05) is 12.7 Å². The van der Waals surface area contributed by atoms with Crippen LogP contribution in [0.4, 0.5) is 19.0 Å². The Hall–Kier alpha value is -0.600. The molecule has 0 aromatic carbocycles. The molecule has 1 aliphatic rings. The zero-order valence-electron chi connectivity index (χ0n) is 8.91. The topological polar surface area (TPSA) is 29.0 Å². The summed E-state index contributed by atoms with van der Waals surface area (Å²) < 4.78 is 39.4. The molecule has 3 nitrogen and oxygen atoms in total. The summed E-state index contributed by atoms with van der Waals surface area (Å²) >= 11 is 1.97. The minimum absolute atomic E-state index is 0.142. The van der Waals surface area contributed by atoms with Gasteiger partial charge in [-0.3, -0.25) is 0 Å². The number of rotatable bonds is 1. The summed E-state index contributed by atoms with van der Waals surface area (Å²) in [6.07, 6.45) is 0.150. The van der Waals surface area contributed by atoms with Crippen LogP contribution in [0.25, 0.3) is 0 Å². The molecule has 0 spiro atoms. The van der Waals surface area contributed by atoms with Crippen LogP contribution in [0.3, 0.4) is 0 Å². The molecule has 1 unspecified atom stereocenters. The van der Waals surface area contributed by atoms with Crippen molar-refractivity contribution in [2.24, 2.45) is 0 Å². The van der Waals surface area contributed by atoms with Gasteiger partial charge in [-0.2, -0.15) is 13.2 Å². The van der Waals surface area contributed by atoms with Crippen molar-refractivity contribution in [1.82, 2.24) is 9.97 Å². The number of alkyl halides is 3. The molecule has 94 valence electrons. The van der Waals surface area contributed by atoms with Gasteiger partial charge in [-0.25, -0.2) is 9.97 Å². The van der Waals surface area contributed by atoms with Gasteiger partial charge in [-0.1, -0.05) is 0 Å². The van der Waals surface area contributed by atoms with Crippen LogP contribution in [0.1, 0.15) is 19.3 Å². The average molecular weight is 357 g/mol. The van der Waals surface area contributed by atoms with Crippen LogP contribution >= 0.6 is 22.6 Å². The number of hydrogen-bond acceptors (Lipinski definition) is 3. The second kappa shape index (κ2) is 4.95. The average Bonchev–Trinajstić information content (AvgIpc) is 2.28. The molecule has 1 aromatic heterocycles. The van der Waals surface area contributed by atoms with Crippen LogP contribution < -0.4 is 4.90 Å². The molecule has 1 aromatic rings. The Morgan fingerprint density at radius 3 is 2.76 bits per heavy atom. The first kappa shape index (κ1) is 12.8. The summed E-state index contributed by atoms with van der Waals surface area (Å²) in [4.78, 5) is 9.13. The monoisotopic (exact) mass is 357 g/mol. The van der Waals surface area contributed by atoms with Crippen molar-refractivity contribution < 1.29 is 13.2 Å². The molecule has 1 aliphatic heterocycles. The van der Waals surface area contributed by atoms with Crippen LogP contribution in [-0.4, -0.2) is 28.7 Å². The second-order valence-electron chi connectivity index (χ2n) is 3.94. The standard InChI is InChI=1S/C10H11F3IN3/c11-10(12,13)8-3-1-2-4-17(8)9-7(14)5-15-6-16-9/h5-6,8H,1-4H2. The molecule has 17 heavy (non-hydrogen) atoms. The Morgan fingerprint density at radius 1 is 1.35 bits per heavy atom. The minimum Gasteiger partial charge on any atom is -0.344 e. The SMILES string of the molecule is FC(F)(F)C1CCCCN1c1ncncc1I. The van der Waals surface area contributed by atoms with E-state index < -0.39 is 12.2 Å². The molecule has 0 aliphatic carbocycles. The number of hydrogen-bond donors (Lipinski definition) is 0. The van der Waals surface area contributed by atoms with E-state index in [0.717, 1.165) is 6.42 Å². The largest absolute Gasteiger partial charge is 0.408 e. The molecule has 2 rings (SSSR count). The van der Waals surface area contributed by atoms with Gasteiger partial charge in [0.05, 0.1) is 3.57 Å². The van der Waals surface area contributed by atoms with E-state index in [1.807, 2.05) is 22.6 Å². The van der Waals surface area contributed by atoms with Gasteiger partial charge in [0.1, 0.15) is 18.2 Å². The summed E-state index contributed by atoms with van der Waals surface area (Å²) in [6, 6.07) is -1.42. The van der Waals surface area contributed by atoms with Crippen molar-refractivity contribution in [2.75, 3.05) is 11.4 Å². The third kappa shape index (κ3) is 2.80. The van der Waals surface area contributed by atoms with Gasteiger partial charge in [0.2, 0.25) is 0 Å². The molecule has 0 N–H and O–H groups in total. The van der Waals surface area contributed by atoms with Crippen molar-refractivity contribution in [3.63, 3.8) is 0 Å². The third-order valence-corrected chi connectivity index (χ3v) is 3.56. The lowest BCUT2D eigenvalue weighted by Gasteiger charge is -2.37. The predicted octanol–water partition coefficient (Wildman–Crippen LogP) is 3.00. The fourth-order valence-corrected chi connectivity index (χ4v) is 2.65. The lowest BCUT2D eigenvalue weighted by atomic mass is 10.0. The highest BCUT2D eigenvalue weighted by atomic mass is 127. The van der Waals surface area contributed by atoms with Gasteiger partial charge in [0.25, 0.3) is 0 Å². The van der Waals surface area contributed by atoms with E-state index in [9.17, 15) is 13.2 Å². The van der Waals surface area contributed by atoms with E-state index in [1.54, 1.807) is 0 Å². The molecular weight excluding hydrogens is 346 g/mol. The molecule has 2 heterocycles. The van der Waals surface area contributed by atoms with Gasteiger partial charge in [-0.15, -0.1) is 0 Å². The normalized spacial score (nSPS) is 21.6. The van der Waals surface area contributed by atoms with E-state index in [2.05, 4.69) is 9.97 Å². The van der Waals surface area contributed by atoms with Crippen LogP contribution in [0, 0.1) is 3.57 Å². The van der Waals surface area contributed by atoms with E-state index in [4.69, 9.17) is 0 Å². The maximum absolute atomic E-state index is 12.9. The summed E-state index contributed by atoms with van der Waals surface area (Å²) in [5.74, 6) is 0.391. The Labute approximate surface area is 111 Å². The summed E-state index contributed by atoms with van der Waals surface area (Å²) in [6.45, 7) is 0.400. The fraction of sp³-hybridized carbons (Fsp3) is 0.600. The Morgan fingerprint density at radius 2 is 2.12 bits per heavy atom. The summed E-state index contributed by atoms with van der Waals surface area (Å²) in [7, 11) is 0. The number of aromatic nitrogens is 2.